The van der Waals surface area contributed by atoms with Crippen molar-refractivity contribution in [1.82, 2.24) is 0 Å². The summed E-state index contributed by atoms with van der Waals surface area (Å²) in [4.78, 5) is 6.60. The van der Waals surface area contributed by atoms with Crippen molar-refractivity contribution in [3.8, 4) is 11.5 Å². The first kappa shape index (κ1) is 20.9. The number of aliphatic imine (C=N–C) groups is 1. The summed E-state index contributed by atoms with van der Waals surface area (Å²) >= 11 is 15.3. The Morgan fingerprint density at radius 3 is 2.31 bits per heavy atom. The summed E-state index contributed by atoms with van der Waals surface area (Å²) in [7, 11) is 3.27. The van der Waals surface area contributed by atoms with Crippen molar-refractivity contribution in [2.75, 3.05) is 44.0 Å². The van der Waals surface area contributed by atoms with Crippen molar-refractivity contribution >= 4 is 56.7 Å². The van der Waals surface area contributed by atoms with Gasteiger partial charge in [0.2, 0.25) is 0 Å². The van der Waals surface area contributed by atoms with E-state index >= 15 is 0 Å². The third-order valence-electron chi connectivity index (χ3n) is 3.74. The van der Waals surface area contributed by atoms with Crippen LogP contribution in [0.3, 0.4) is 0 Å². The molecule has 0 bridgehead atoms. The molecule has 2 aromatic rings. The molecule has 0 saturated heterocycles. The standard InChI is InChI=1S/C19H21BrCl2N2O2/c1-25-18-12-17(24(8-6-21)9-7-22)19(26-2)10-14(18)13-23-16-5-3-4-15(20)11-16/h3-5,10-13H,6-9H2,1-2H3. The average molecular weight is 460 g/mol. The SMILES string of the molecule is COc1cc(N(CCCl)CCCl)c(OC)cc1C=Nc1cccc(Br)c1. The number of hydrogen-bond acceptors (Lipinski definition) is 4. The van der Waals surface area contributed by atoms with Crippen LogP contribution < -0.4 is 14.4 Å². The van der Waals surface area contributed by atoms with Crippen molar-refractivity contribution in [3.05, 3.63) is 46.4 Å². The highest BCUT2D eigenvalue weighted by Crippen LogP contribution is 2.35. The van der Waals surface area contributed by atoms with E-state index < -0.39 is 0 Å². The average Bonchev–Trinajstić information content (AvgIpc) is 2.65. The van der Waals surface area contributed by atoms with Crippen LogP contribution in [0.1, 0.15) is 5.56 Å². The van der Waals surface area contributed by atoms with Crippen molar-refractivity contribution < 1.29 is 9.47 Å². The van der Waals surface area contributed by atoms with Crippen LogP contribution >= 0.6 is 39.1 Å². The van der Waals surface area contributed by atoms with Crippen molar-refractivity contribution in [2.24, 2.45) is 4.99 Å². The number of hydrogen-bond donors (Lipinski definition) is 0. The monoisotopic (exact) mass is 458 g/mol. The highest BCUT2D eigenvalue weighted by Gasteiger charge is 2.15. The first-order chi connectivity index (χ1) is 12.6. The van der Waals surface area contributed by atoms with Crippen molar-refractivity contribution in [3.63, 3.8) is 0 Å². The number of anilines is 1. The molecular formula is C19H21BrCl2N2O2. The van der Waals surface area contributed by atoms with Gasteiger partial charge in [0.1, 0.15) is 11.5 Å². The molecule has 0 fully saturated rings. The highest BCUT2D eigenvalue weighted by atomic mass is 79.9. The maximum Gasteiger partial charge on any atom is 0.143 e. The first-order valence-corrected chi connectivity index (χ1v) is 9.91. The number of nitrogens with zero attached hydrogens (tertiary/aromatic N) is 2. The normalized spacial score (nSPS) is 11.0. The molecular weight excluding hydrogens is 439 g/mol. The largest absolute Gasteiger partial charge is 0.496 e. The van der Waals surface area contributed by atoms with Crippen LogP contribution in [0.15, 0.2) is 45.9 Å². The molecule has 2 aromatic carbocycles. The maximum absolute atomic E-state index is 5.93. The minimum Gasteiger partial charge on any atom is -0.496 e. The van der Waals surface area contributed by atoms with Gasteiger partial charge in [0.25, 0.3) is 0 Å². The van der Waals surface area contributed by atoms with E-state index in [0.717, 1.165) is 27.2 Å². The van der Waals surface area contributed by atoms with E-state index in [1.54, 1.807) is 20.4 Å². The molecule has 0 aliphatic heterocycles. The van der Waals surface area contributed by atoms with Crippen molar-refractivity contribution in [1.29, 1.82) is 0 Å². The van der Waals surface area contributed by atoms with Crippen LogP contribution in [0.25, 0.3) is 0 Å². The lowest BCUT2D eigenvalue weighted by Gasteiger charge is -2.26. The molecule has 0 aliphatic rings. The minimum absolute atomic E-state index is 0.494. The van der Waals surface area contributed by atoms with Gasteiger partial charge in [-0.15, -0.1) is 23.2 Å². The molecule has 0 heterocycles. The lowest BCUT2D eigenvalue weighted by Crippen LogP contribution is -2.28. The van der Waals surface area contributed by atoms with Gasteiger partial charge in [0.15, 0.2) is 0 Å². The van der Waals surface area contributed by atoms with E-state index in [9.17, 15) is 0 Å². The van der Waals surface area contributed by atoms with Gasteiger partial charge in [-0.1, -0.05) is 22.0 Å². The van der Waals surface area contributed by atoms with Crippen LogP contribution in [-0.2, 0) is 0 Å². The predicted molar refractivity (Wildman–Crippen MR) is 115 cm³/mol. The molecule has 0 atom stereocenters. The Kier molecular flexibility index (Phi) is 8.55. The lowest BCUT2D eigenvalue weighted by molar-refractivity contribution is 0.402. The van der Waals surface area contributed by atoms with E-state index in [2.05, 4.69) is 25.8 Å². The Bertz CT molecular complexity index is 750. The van der Waals surface area contributed by atoms with Gasteiger partial charge in [-0.05, 0) is 24.3 Å². The van der Waals surface area contributed by atoms with Gasteiger partial charge < -0.3 is 14.4 Å². The summed E-state index contributed by atoms with van der Waals surface area (Å²) < 4.78 is 12.1. The second kappa shape index (κ2) is 10.7. The zero-order valence-electron chi connectivity index (χ0n) is 14.7. The zero-order chi connectivity index (χ0) is 18.9. The molecule has 4 nitrogen and oxygen atoms in total. The Hall–Kier alpha value is -1.43. The molecule has 0 aliphatic carbocycles. The summed E-state index contributed by atoms with van der Waals surface area (Å²) in [5.41, 5.74) is 2.56. The summed E-state index contributed by atoms with van der Waals surface area (Å²) in [6.45, 7) is 1.33. The second-order valence-electron chi connectivity index (χ2n) is 5.37. The van der Waals surface area contributed by atoms with Gasteiger partial charge in [0.05, 0.1) is 25.6 Å². The predicted octanol–water partition coefficient (Wildman–Crippen LogP) is 5.50. The molecule has 2 rings (SSSR count). The van der Waals surface area contributed by atoms with E-state index in [1.165, 1.54) is 0 Å². The van der Waals surface area contributed by atoms with Gasteiger partial charge in [-0.2, -0.15) is 0 Å². The van der Waals surface area contributed by atoms with E-state index in [4.69, 9.17) is 32.7 Å². The fraction of sp³-hybridized carbons (Fsp3) is 0.316. The van der Waals surface area contributed by atoms with E-state index in [-0.39, 0.29) is 0 Å². The summed E-state index contributed by atoms with van der Waals surface area (Å²) in [5, 5.41) is 0. The summed E-state index contributed by atoms with van der Waals surface area (Å²) in [5.74, 6) is 2.41. The smallest absolute Gasteiger partial charge is 0.143 e. The number of benzene rings is 2. The van der Waals surface area contributed by atoms with Crippen LogP contribution in [0.5, 0.6) is 11.5 Å². The van der Waals surface area contributed by atoms with E-state index in [1.807, 2.05) is 36.4 Å². The Morgan fingerprint density at radius 2 is 1.73 bits per heavy atom. The van der Waals surface area contributed by atoms with Crippen LogP contribution in [0, 0.1) is 0 Å². The third kappa shape index (κ3) is 5.53. The molecule has 0 radical (unpaired) electrons. The van der Waals surface area contributed by atoms with Gasteiger partial charge >= 0.3 is 0 Å². The third-order valence-corrected chi connectivity index (χ3v) is 4.57. The van der Waals surface area contributed by atoms with E-state index in [0.29, 0.717) is 30.6 Å². The van der Waals surface area contributed by atoms with Crippen LogP contribution in [0.2, 0.25) is 0 Å². The maximum atomic E-state index is 5.93. The zero-order valence-corrected chi connectivity index (χ0v) is 17.8. The fourth-order valence-corrected chi connectivity index (χ4v) is 3.31. The van der Waals surface area contributed by atoms with Crippen molar-refractivity contribution in [2.45, 2.75) is 0 Å². The number of alkyl halides is 2. The number of methoxy groups -OCH3 is 2. The second-order valence-corrected chi connectivity index (χ2v) is 7.04. The number of ether oxygens (including phenoxy) is 2. The Labute approximate surface area is 172 Å². The highest BCUT2D eigenvalue weighted by molar-refractivity contribution is 9.10. The number of halogens is 3. The quantitative estimate of drug-likeness (QED) is 0.366. The Balaban J connectivity index is 2.41. The minimum atomic E-state index is 0.494. The fourth-order valence-electron chi connectivity index (χ4n) is 2.51. The topological polar surface area (TPSA) is 34.1 Å². The molecule has 0 N–H and O–H groups in total. The molecule has 0 amide bonds. The molecule has 26 heavy (non-hydrogen) atoms. The van der Waals surface area contributed by atoms with Crippen LogP contribution in [0.4, 0.5) is 11.4 Å². The first-order valence-electron chi connectivity index (χ1n) is 8.05. The molecule has 0 unspecified atom stereocenters. The molecule has 140 valence electrons. The number of rotatable bonds is 9. The molecule has 0 aromatic heterocycles. The van der Waals surface area contributed by atoms with Gasteiger partial charge in [-0.3, -0.25) is 4.99 Å². The Morgan fingerprint density at radius 1 is 1.04 bits per heavy atom. The van der Waals surface area contributed by atoms with Crippen LogP contribution in [-0.4, -0.2) is 45.3 Å². The van der Waals surface area contributed by atoms with Gasteiger partial charge in [0, 0.05) is 47.2 Å². The summed E-state index contributed by atoms with van der Waals surface area (Å²) in [6, 6.07) is 11.6. The molecule has 7 heteroatoms. The molecule has 0 spiro atoms. The van der Waals surface area contributed by atoms with Gasteiger partial charge in [-0.25, -0.2) is 0 Å². The molecule has 0 saturated carbocycles. The lowest BCUT2D eigenvalue weighted by atomic mass is 10.1. The summed E-state index contributed by atoms with van der Waals surface area (Å²) in [6.07, 6.45) is 1.76.